The average Bonchev–Trinajstić information content (AvgIpc) is 3.16. The highest BCUT2D eigenvalue weighted by molar-refractivity contribution is 14.0. The first-order chi connectivity index (χ1) is 10.8. The minimum atomic E-state index is 0. The highest BCUT2D eigenvalue weighted by atomic mass is 127. The number of nitrogens with zero attached hydrogens (tertiary/aromatic N) is 2. The fraction of sp³-hybridized carbons (Fsp3) is 0.467. The number of aliphatic imine (C=N–C) groups is 1. The molecule has 0 aliphatic heterocycles. The van der Waals surface area contributed by atoms with Crippen molar-refractivity contribution in [1.29, 1.82) is 0 Å². The molecule has 0 saturated heterocycles. The molecule has 0 bridgehead atoms. The summed E-state index contributed by atoms with van der Waals surface area (Å²) in [5.74, 6) is 1.97. The van der Waals surface area contributed by atoms with Crippen molar-refractivity contribution in [3.05, 3.63) is 33.5 Å². The second kappa shape index (κ2) is 12.1. The minimum absolute atomic E-state index is 0. The van der Waals surface area contributed by atoms with E-state index in [-0.39, 0.29) is 24.0 Å². The maximum atomic E-state index is 4.63. The summed E-state index contributed by atoms with van der Waals surface area (Å²) in [6.07, 6.45) is 2.94. The van der Waals surface area contributed by atoms with Crippen LogP contribution in [0.3, 0.4) is 0 Å². The Morgan fingerprint density at radius 1 is 1.35 bits per heavy atom. The summed E-state index contributed by atoms with van der Waals surface area (Å²) < 4.78 is 1.15. The van der Waals surface area contributed by atoms with E-state index in [4.69, 9.17) is 0 Å². The number of aromatic nitrogens is 1. The summed E-state index contributed by atoms with van der Waals surface area (Å²) in [5.41, 5.74) is 0. The van der Waals surface area contributed by atoms with E-state index in [1.807, 2.05) is 23.3 Å². The summed E-state index contributed by atoms with van der Waals surface area (Å²) >= 11 is 5.32. The maximum Gasteiger partial charge on any atom is 0.191 e. The van der Waals surface area contributed by atoms with Crippen LogP contribution < -0.4 is 10.6 Å². The van der Waals surface area contributed by atoms with Gasteiger partial charge < -0.3 is 10.6 Å². The van der Waals surface area contributed by atoms with Crippen LogP contribution in [-0.2, 0) is 6.54 Å². The Bertz CT molecular complexity index is 569. The van der Waals surface area contributed by atoms with Crippen molar-refractivity contribution in [1.82, 2.24) is 15.6 Å². The fourth-order valence-corrected chi connectivity index (χ4v) is 4.25. The lowest BCUT2D eigenvalue weighted by molar-refractivity contribution is 0.790. The van der Waals surface area contributed by atoms with E-state index in [2.05, 4.69) is 46.6 Å². The SMILES string of the molecule is CCNC(=NCc1ccc(C)s1)NCCCSc1nccs1.I. The van der Waals surface area contributed by atoms with Gasteiger partial charge in [0.1, 0.15) is 4.34 Å². The molecule has 0 aromatic carbocycles. The highest BCUT2D eigenvalue weighted by Crippen LogP contribution is 2.20. The number of thiazole rings is 1. The number of thiophene rings is 1. The standard InChI is InChI=1S/C15H22N4S3.HI/c1-3-16-14(19-11-13-6-5-12(2)22-13)17-7-4-9-20-15-18-8-10-21-15;/h5-6,8,10H,3-4,7,9,11H2,1-2H3,(H2,16,17,19);1H. The first-order valence-corrected chi connectivity index (χ1v) is 10.1. The van der Waals surface area contributed by atoms with Crippen molar-refractivity contribution in [2.75, 3.05) is 18.8 Å². The van der Waals surface area contributed by atoms with Gasteiger partial charge in [0.2, 0.25) is 0 Å². The molecule has 0 fully saturated rings. The van der Waals surface area contributed by atoms with E-state index in [1.54, 1.807) is 22.7 Å². The van der Waals surface area contributed by atoms with E-state index < -0.39 is 0 Å². The van der Waals surface area contributed by atoms with Gasteiger partial charge in [-0.2, -0.15) is 0 Å². The van der Waals surface area contributed by atoms with E-state index in [1.165, 1.54) is 9.75 Å². The van der Waals surface area contributed by atoms with Crippen LogP contribution in [-0.4, -0.2) is 29.8 Å². The summed E-state index contributed by atoms with van der Waals surface area (Å²) in [6, 6.07) is 4.30. The van der Waals surface area contributed by atoms with Gasteiger partial charge in [0.05, 0.1) is 6.54 Å². The van der Waals surface area contributed by atoms with Crippen LogP contribution in [0, 0.1) is 6.92 Å². The number of thioether (sulfide) groups is 1. The lowest BCUT2D eigenvalue weighted by atomic mass is 10.4. The number of hydrogen-bond donors (Lipinski definition) is 2. The number of nitrogens with one attached hydrogen (secondary N) is 2. The molecule has 0 radical (unpaired) electrons. The van der Waals surface area contributed by atoms with Crippen molar-refractivity contribution < 1.29 is 0 Å². The van der Waals surface area contributed by atoms with Crippen molar-refractivity contribution >= 4 is 64.4 Å². The topological polar surface area (TPSA) is 49.3 Å². The lowest BCUT2D eigenvalue weighted by Gasteiger charge is -2.10. The summed E-state index contributed by atoms with van der Waals surface area (Å²) in [5, 5.41) is 8.70. The first kappa shape index (κ1) is 20.7. The Kier molecular flexibility index (Phi) is 10.9. The molecular formula is C15H23IN4S3. The largest absolute Gasteiger partial charge is 0.357 e. The minimum Gasteiger partial charge on any atom is -0.357 e. The average molecular weight is 482 g/mol. The number of guanidine groups is 1. The third-order valence-electron chi connectivity index (χ3n) is 2.78. The predicted molar refractivity (Wildman–Crippen MR) is 115 cm³/mol. The summed E-state index contributed by atoms with van der Waals surface area (Å²) in [6.45, 7) is 6.75. The molecule has 2 heterocycles. The van der Waals surface area contributed by atoms with Gasteiger partial charge >= 0.3 is 0 Å². The first-order valence-electron chi connectivity index (χ1n) is 7.37. The van der Waals surface area contributed by atoms with Gasteiger partial charge in [-0.25, -0.2) is 9.98 Å². The van der Waals surface area contributed by atoms with Crippen LogP contribution in [0.5, 0.6) is 0 Å². The zero-order valence-corrected chi connectivity index (χ0v) is 18.2. The maximum absolute atomic E-state index is 4.63. The molecule has 2 aromatic heterocycles. The van der Waals surface area contributed by atoms with Gasteiger partial charge in [0, 0.05) is 40.2 Å². The molecule has 0 aliphatic carbocycles. The molecule has 2 aromatic rings. The van der Waals surface area contributed by atoms with Gasteiger partial charge in [0.25, 0.3) is 0 Å². The molecule has 23 heavy (non-hydrogen) atoms. The van der Waals surface area contributed by atoms with Crippen molar-refractivity contribution in [3.63, 3.8) is 0 Å². The Morgan fingerprint density at radius 2 is 2.22 bits per heavy atom. The van der Waals surface area contributed by atoms with Gasteiger partial charge in [-0.1, -0.05) is 11.8 Å². The van der Waals surface area contributed by atoms with Crippen LogP contribution in [0.1, 0.15) is 23.1 Å². The number of halogens is 1. The molecule has 8 heteroatoms. The molecule has 0 amide bonds. The fourth-order valence-electron chi connectivity index (χ4n) is 1.79. The van der Waals surface area contributed by atoms with E-state index in [0.717, 1.165) is 42.1 Å². The van der Waals surface area contributed by atoms with Gasteiger partial charge in [-0.05, 0) is 32.4 Å². The molecule has 2 rings (SSSR count). The Hall–Kier alpha value is -0.320. The molecule has 2 N–H and O–H groups in total. The van der Waals surface area contributed by atoms with Crippen LogP contribution >= 0.6 is 58.4 Å². The number of rotatable bonds is 8. The normalized spacial score (nSPS) is 11.1. The van der Waals surface area contributed by atoms with Crippen molar-refractivity contribution in [2.45, 2.75) is 31.2 Å². The van der Waals surface area contributed by atoms with Crippen molar-refractivity contribution in [3.8, 4) is 0 Å². The molecule has 0 saturated carbocycles. The third-order valence-corrected chi connectivity index (χ3v) is 5.82. The van der Waals surface area contributed by atoms with Crippen LogP contribution in [0.15, 0.2) is 33.0 Å². The zero-order chi connectivity index (χ0) is 15.6. The van der Waals surface area contributed by atoms with Gasteiger partial charge in [0.15, 0.2) is 5.96 Å². The second-order valence-corrected chi connectivity index (χ2v) is 8.24. The van der Waals surface area contributed by atoms with E-state index in [9.17, 15) is 0 Å². The Morgan fingerprint density at radius 3 is 2.87 bits per heavy atom. The highest BCUT2D eigenvalue weighted by Gasteiger charge is 2.00. The molecule has 4 nitrogen and oxygen atoms in total. The van der Waals surface area contributed by atoms with Crippen LogP contribution in [0.25, 0.3) is 0 Å². The zero-order valence-electron chi connectivity index (χ0n) is 13.4. The lowest BCUT2D eigenvalue weighted by Crippen LogP contribution is -2.37. The number of aryl methyl sites for hydroxylation is 1. The quantitative estimate of drug-likeness (QED) is 0.193. The molecule has 0 atom stereocenters. The molecular weight excluding hydrogens is 459 g/mol. The Balaban J connectivity index is 0.00000264. The van der Waals surface area contributed by atoms with Gasteiger partial charge in [-0.15, -0.1) is 46.7 Å². The summed E-state index contributed by atoms with van der Waals surface area (Å²) in [7, 11) is 0. The van der Waals surface area contributed by atoms with E-state index in [0.29, 0.717) is 0 Å². The molecule has 0 unspecified atom stereocenters. The monoisotopic (exact) mass is 482 g/mol. The molecule has 0 spiro atoms. The van der Waals surface area contributed by atoms with Gasteiger partial charge in [-0.3, -0.25) is 0 Å². The second-order valence-electron chi connectivity index (χ2n) is 4.63. The Labute approximate surface area is 167 Å². The van der Waals surface area contributed by atoms with Crippen molar-refractivity contribution in [2.24, 2.45) is 4.99 Å². The van der Waals surface area contributed by atoms with Crippen LogP contribution in [0.4, 0.5) is 0 Å². The van der Waals surface area contributed by atoms with Crippen LogP contribution in [0.2, 0.25) is 0 Å². The summed E-state index contributed by atoms with van der Waals surface area (Å²) in [4.78, 5) is 11.5. The molecule has 0 aliphatic rings. The smallest absolute Gasteiger partial charge is 0.191 e. The number of hydrogen-bond acceptors (Lipinski definition) is 5. The predicted octanol–water partition coefficient (Wildman–Crippen LogP) is 4.37. The molecule has 128 valence electrons. The van der Waals surface area contributed by atoms with E-state index >= 15 is 0 Å². The third kappa shape index (κ3) is 8.37.